The molecule has 6 nitrogen and oxygen atoms in total. The highest BCUT2D eigenvalue weighted by Gasteiger charge is 2.54. The molecule has 8 heteroatoms. The summed E-state index contributed by atoms with van der Waals surface area (Å²) in [7, 11) is 0. The van der Waals surface area contributed by atoms with Crippen molar-refractivity contribution in [1.29, 1.82) is 0 Å². The molecule has 0 bridgehead atoms. The second-order valence-electron chi connectivity index (χ2n) is 7.06. The Kier molecular flexibility index (Phi) is 6.05. The lowest BCUT2D eigenvalue weighted by Gasteiger charge is -2.45. The van der Waals surface area contributed by atoms with Gasteiger partial charge < -0.3 is 14.9 Å². The van der Waals surface area contributed by atoms with Crippen molar-refractivity contribution >= 4 is 42.2 Å². The maximum absolute atomic E-state index is 12.9. The Bertz CT molecular complexity index is 720. The van der Waals surface area contributed by atoms with Gasteiger partial charge in [0.15, 0.2) is 0 Å². The van der Waals surface area contributed by atoms with Crippen molar-refractivity contribution in [3.05, 3.63) is 35.9 Å². The van der Waals surface area contributed by atoms with Crippen LogP contribution in [0.1, 0.15) is 30.1 Å². The summed E-state index contributed by atoms with van der Waals surface area (Å²) in [6.45, 7) is 2.79. The zero-order valence-electron chi connectivity index (χ0n) is 15.2. The molecule has 1 aromatic rings. The fourth-order valence-electron chi connectivity index (χ4n) is 3.72. The normalized spacial score (nSPS) is 22.7. The molecule has 3 rings (SSSR count). The van der Waals surface area contributed by atoms with Crippen LogP contribution in [-0.2, 0) is 9.59 Å². The highest BCUT2D eigenvalue weighted by atomic mass is 32.2. The molecule has 2 heterocycles. The van der Waals surface area contributed by atoms with Crippen LogP contribution in [0.25, 0.3) is 0 Å². The number of carbonyl (C=O) groups excluding carboxylic acids is 2. The highest BCUT2D eigenvalue weighted by molar-refractivity contribution is 8.01. The molecule has 1 spiro atoms. The summed E-state index contributed by atoms with van der Waals surface area (Å²) in [5.41, 5.74) is 0.646. The molecule has 27 heavy (non-hydrogen) atoms. The van der Waals surface area contributed by atoms with Crippen LogP contribution in [0, 0.1) is 5.92 Å². The molecule has 0 radical (unpaired) electrons. The number of carboxylic acids is 1. The van der Waals surface area contributed by atoms with Gasteiger partial charge in [0.1, 0.15) is 6.04 Å². The van der Waals surface area contributed by atoms with E-state index in [-0.39, 0.29) is 17.7 Å². The van der Waals surface area contributed by atoms with Gasteiger partial charge in [-0.25, -0.2) is 4.79 Å². The first kappa shape index (κ1) is 20.1. The standard InChI is InChI=1S/C19H24N2O4S2/c1-13(11-26)16(22)21-15(18(24)25)12-27-19(21)7-9-20(10-8-19)17(23)14-5-3-2-4-6-14/h2-6,13,15,26H,7-12H2,1H3,(H,24,25)/t13-,15-/m0/s1. The first-order valence-corrected chi connectivity index (χ1v) is 10.7. The van der Waals surface area contributed by atoms with E-state index in [2.05, 4.69) is 12.6 Å². The fourth-order valence-corrected chi connectivity index (χ4v) is 5.47. The summed E-state index contributed by atoms with van der Waals surface area (Å²) in [4.78, 5) is 40.1. The second kappa shape index (κ2) is 8.14. The number of likely N-dealkylation sites (tertiary alicyclic amines) is 1. The van der Waals surface area contributed by atoms with Gasteiger partial charge >= 0.3 is 5.97 Å². The van der Waals surface area contributed by atoms with Crippen LogP contribution in [0.15, 0.2) is 30.3 Å². The fraction of sp³-hybridized carbons (Fsp3) is 0.526. The van der Waals surface area contributed by atoms with Crippen molar-refractivity contribution < 1.29 is 19.5 Å². The molecule has 2 saturated heterocycles. The number of benzene rings is 1. The van der Waals surface area contributed by atoms with E-state index in [1.165, 1.54) is 11.8 Å². The third-order valence-corrected chi connectivity index (χ3v) is 7.50. The van der Waals surface area contributed by atoms with Crippen LogP contribution < -0.4 is 0 Å². The SMILES string of the molecule is C[C@@H](CS)C(=O)N1[C@H](C(=O)O)CSC12CCN(C(=O)c1ccccc1)CC2. The number of amides is 2. The Morgan fingerprint density at radius 3 is 2.44 bits per heavy atom. The number of hydrogen-bond donors (Lipinski definition) is 2. The summed E-state index contributed by atoms with van der Waals surface area (Å²) >= 11 is 5.75. The van der Waals surface area contributed by atoms with Crippen LogP contribution in [0.3, 0.4) is 0 Å². The molecule has 0 aliphatic carbocycles. The van der Waals surface area contributed by atoms with Crippen molar-refractivity contribution in [2.45, 2.75) is 30.7 Å². The topological polar surface area (TPSA) is 77.9 Å². The largest absolute Gasteiger partial charge is 0.480 e. The van der Waals surface area contributed by atoms with Gasteiger partial charge in [-0.15, -0.1) is 11.8 Å². The van der Waals surface area contributed by atoms with Gasteiger partial charge in [-0.05, 0) is 25.0 Å². The Hall–Kier alpha value is -1.67. The van der Waals surface area contributed by atoms with E-state index in [9.17, 15) is 19.5 Å². The van der Waals surface area contributed by atoms with Crippen molar-refractivity contribution in [1.82, 2.24) is 9.80 Å². The van der Waals surface area contributed by atoms with Gasteiger partial charge in [0.25, 0.3) is 5.91 Å². The zero-order valence-corrected chi connectivity index (χ0v) is 16.9. The molecule has 2 amide bonds. The van der Waals surface area contributed by atoms with E-state index in [0.717, 1.165) is 0 Å². The predicted molar refractivity (Wildman–Crippen MR) is 108 cm³/mol. The van der Waals surface area contributed by atoms with E-state index < -0.39 is 16.9 Å². The first-order chi connectivity index (χ1) is 12.9. The van der Waals surface area contributed by atoms with E-state index >= 15 is 0 Å². The maximum atomic E-state index is 12.9. The molecule has 2 aliphatic rings. The molecule has 0 saturated carbocycles. The van der Waals surface area contributed by atoms with Gasteiger partial charge in [0.05, 0.1) is 4.87 Å². The van der Waals surface area contributed by atoms with Gasteiger partial charge in [0, 0.05) is 36.1 Å². The molecular formula is C19H24N2O4S2. The Labute approximate surface area is 168 Å². The summed E-state index contributed by atoms with van der Waals surface area (Å²) in [6.07, 6.45) is 1.15. The van der Waals surface area contributed by atoms with Crippen LogP contribution >= 0.6 is 24.4 Å². The number of nitrogens with zero attached hydrogens (tertiary/aromatic N) is 2. The van der Waals surface area contributed by atoms with E-state index in [4.69, 9.17) is 0 Å². The lowest BCUT2D eigenvalue weighted by molar-refractivity contribution is -0.153. The van der Waals surface area contributed by atoms with Gasteiger partial charge in [-0.1, -0.05) is 25.1 Å². The second-order valence-corrected chi connectivity index (χ2v) is 8.81. The van der Waals surface area contributed by atoms with Crippen LogP contribution in [-0.4, -0.2) is 68.2 Å². The third kappa shape index (κ3) is 3.82. The highest BCUT2D eigenvalue weighted by Crippen LogP contribution is 2.47. The molecule has 1 aromatic carbocycles. The van der Waals surface area contributed by atoms with Crippen molar-refractivity contribution in [3.63, 3.8) is 0 Å². The maximum Gasteiger partial charge on any atom is 0.327 e. The average molecular weight is 409 g/mol. The quantitative estimate of drug-likeness (QED) is 0.747. The molecule has 2 aliphatic heterocycles. The Balaban J connectivity index is 1.77. The molecule has 1 N–H and O–H groups in total. The Morgan fingerprint density at radius 1 is 1.26 bits per heavy atom. The number of carboxylic acid groups (broad SMARTS) is 1. The van der Waals surface area contributed by atoms with E-state index in [1.54, 1.807) is 28.9 Å². The predicted octanol–water partition coefficient (Wildman–Crippen LogP) is 2.21. The summed E-state index contributed by atoms with van der Waals surface area (Å²) in [5, 5.41) is 9.60. The number of carbonyl (C=O) groups is 3. The molecular weight excluding hydrogens is 384 g/mol. The third-order valence-electron chi connectivity index (χ3n) is 5.33. The monoisotopic (exact) mass is 408 g/mol. The molecule has 2 fully saturated rings. The minimum Gasteiger partial charge on any atom is -0.480 e. The first-order valence-electron chi connectivity index (χ1n) is 9.05. The van der Waals surface area contributed by atoms with Crippen LogP contribution in [0.2, 0.25) is 0 Å². The average Bonchev–Trinajstić information content (AvgIpc) is 3.06. The van der Waals surface area contributed by atoms with Crippen LogP contribution in [0.4, 0.5) is 0 Å². The lowest BCUT2D eigenvalue weighted by atomic mass is 9.98. The van der Waals surface area contributed by atoms with E-state index in [1.807, 2.05) is 18.2 Å². The summed E-state index contributed by atoms with van der Waals surface area (Å²) < 4.78 is 0. The number of thiol groups is 1. The minimum atomic E-state index is -0.970. The minimum absolute atomic E-state index is 0.0233. The number of hydrogen-bond acceptors (Lipinski definition) is 5. The molecule has 0 aromatic heterocycles. The summed E-state index contributed by atoms with van der Waals surface area (Å²) in [6, 6.07) is 8.31. The number of aliphatic carboxylic acids is 1. The number of piperidine rings is 1. The van der Waals surface area contributed by atoms with Crippen molar-refractivity contribution in [3.8, 4) is 0 Å². The molecule has 146 valence electrons. The van der Waals surface area contributed by atoms with Crippen LogP contribution in [0.5, 0.6) is 0 Å². The van der Waals surface area contributed by atoms with Crippen molar-refractivity contribution in [2.24, 2.45) is 5.92 Å². The summed E-state index contributed by atoms with van der Waals surface area (Å²) in [5.74, 6) is -0.736. The zero-order chi connectivity index (χ0) is 19.6. The Morgan fingerprint density at radius 2 is 1.89 bits per heavy atom. The molecule has 0 unspecified atom stereocenters. The number of thioether (sulfide) groups is 1. The van der Waals surface area contributed by atoms with E-state index in [0.29, 0.717) is 43.0 Å². The molecule has 2 atom stereocenters. The smallest absolute Gasteiger partial charge is 0.327 e. The van der Waals surface area contributed by atoms with Gasteiger partial charge in [-0.2, -0.15) is 12.6 Å². The lowest BCUT2D eigenvalue weighted by Crippen LogP contribution is -2.58. The van der Waals surface area contributed by atoms with Gasteiger partial charge in [0.2, 0.25) is 5.91 Å². The van der Waals surface area contributed by atoms with Crippen molar-refractivity contribution in [2.75, 3.05) is 24.6 Å². The number of rotatable bonds is 4. The van der Waals surface area contributed by atoms with Gasteiger partial charge in [-0.3, -0.25) is 9.59 Å².